The fourth-order valence-electron chi connectivity index (χ4n) is 0.538. The lowest BCUT2D eigenvalue weighted by atomic mass is 10.3. The van der Waals surface area contributed by atoms with Gasteiger partial charge >= 0.3 is 0 Å². The summed E-state index contributed by atoms with van der Waals surface area (Å²) in [5, 5.41) is 0. The summed E-state index contributed by atoms with van der Waals surface area (Å²) in [4.78, 5) is 0. The van der Waals surface area contributed by atoms with E-state index in [-0.39, 0.29) is 0 Å². The largest absolute Gasteiger partial charge is 0.398 e. The summed E-state index contributed by atoms with van der Waals surface area (Å²) in [6, 6.07) is 3.85. The smallest absolute Gasteiger partial charge is 0.0469 e. The fraction of sp³-hybridized carbons (Fsp3) is 0. The lowest BCUT2D eigenvalue weighted by Crippen LogP contribution is -1.87. The number of hydrogen-bond donors (Lipinski definition) is 1. The molecule has 0 spiro atoms. The van der Waals surface area contributed by atoms with E-state index >= 15 is 0 Å². The zero-order chi connectivity index (χ0) is 7.72. The number of nitrogen functional groups attached to an aromatic ring is 1. The van der Waals surface area contributed by atoms with Crippen LogP contribution in [0.1, 0.15) is 0 Å². The normalized spacial score (nSPS) is 9.90. The second-order valence-corrected chi connectivity index (χ2v) is 4.66. The van der Waals surface area contributed by atoms with E-state index < -0.39 is 0 Å². The molecule has 10 heavy (non-hydrogen) atoms. The minimum Gasteiger partial charge on any atom is -0.398 e. The average molecular weight is 377 g/mol. The minimum atomic E-state index is 0.771. The topological polar surface area (TPSA) is 26.0 Å². The Kier molecular flexibility index (Phi) is 3.00. The van der Waals surface area contributed by atoms with Crippen LogP contribution in [0.4, 0.5) is 5.69 Å². The van der Waals surface area contributed by atoms with Gasteiger partial charge in [0.05, 0.1) is 0 Å². The van der Waals surface area contributed by atoms with Crippen LogP contribution >= 0.6 is 54.5 Å². The van der Waals surface area contributed by atoms with Crippen molar-refractivity contribution in [3.63, 3.8) is 0 Å². The van der Waals surface area contributed by atoms with E-state index in [1.165, 1.54) is 0 Å². The van der Waals surface area contributed by atoms with Crippen molar-refractivity contribution in [2.75, 3.05) is 5.73 Å². The van der Waals surface area contributed by atoms with Crippen molar-refractivity contribution in [1.29, 1.82) is 0 Å². The molecule has 1 rings (SSSR count). The first-order valence-corrected chi connectivity index (χ1v) is 5.18. The molecule has 0 radical (unpaired) electrons. The molecule has 0 unspecified atom stereocenters. The molecule has 0 fully saturated rings. The number of hydrogen-bond acceptors (Lipinski definition) is 1. The zero-order valence-corrected chi connectivity index (χ0v) is 10.2. The van der Waals surface area contributed by atoms with Crippen LogP contribution in [0.25, 0.3) is 0 Å². The van der Waals surface area contributed by atoms with Gasteiger partial charge in [0, 0.05) is 18.2 Å². The van der Waals surface area contributed by atoms with Crippen LogP contribution in [0.3, 0.4) is 0 Å². The molecule has 54 valence electrons. The molecule has 0 aliphatic heterocycles. The maximum absolute atomic E-state index is 5.62. The zero-order valence-electron chi connectivity index (χ0n) is 4.87. The number of rotatable bonds is 0. The Hall–Kier alpha value is 0.710. The molecule has 1 nitrogen and oxygen atoms in total. The van der Waals surface area contributed by atoms with Gasteiger partial charge in [-0.1, -0.05) is 0 Å². The molecule has 0 aliphatic rings. The molecule has 0 aromatic heterocycles. The Bertz CT molecular complexity index is 212. The van der Waals surface area contributed by atoms with Crippen LogP contribution in [0.15, 0.2) is 21.1 Å². The molecular weight excluding hydrogens is 373 g/mol. The van der Waals surface area contributed by atoms with Crippen molar-refractivity contribution >= 4 is 60.1 Å². The van der Waals surface area contributed by atoms with E-state index in [0.717, 1.165) is 18.2 Å². The van der Waals surface area contributed by atoms with E-state index in [9.17, 15) is 0 Å². The van der Waals surface area contributed by atoms with E-state index in [1.807, 2.05) is 12.1 Å². The van der Waals surface area contributed by atoms with Crippen molar-refractivity contribution < 1.29 is 0 Å². The first-order valence-electron chi connectivity index (χ1n) is 2.51. The molecule has 1 aromatic rings. The van der Waals surface area contributed by atoms with Gasteiger partial charge in [0.1, 0.15) is 0 Å². The fourth-order valence-corrected chi connectivity index (χ4v) is 2.02. The standard InChI is InChI=1S/C6H4Br2IN/c7-3-1-4(8)6(10)2-5(3)9/h1-2H,10H2. The Morgan fingerprint density at radius 1 is 1.20 bits per heavy atom. The maximum atomic E-state index is 5.62. The Balaban J connectivity index is 3.28. The van der Waals surface area contributed by atoms with Gasteiger partial charge in [0.2, 0.25) is 0 Å². The summed E-state index contributed by atoms with van der Waals surface area (Å²) in [7, 11) is 0. The summed E-state index contributed by atoms with van der Waals surface area (Å²) in [6.07, 6.45) is 0. The molecular formula is C6H4Br2IN. The Labute approximate surface area is 89.8 Å². The average Bonchev–Trinajstić information content (AvgIpc) is 1.84. The van der Waals surface area contributed by atoms with Crippen LogP contribution in [0.2, 0.25) is 0 Å². The predicted octanol–water partition coefficient (Wildman–Crippen LogP) is 3.40. The summed E-state index contributed by atoms with van der Waals surface area (Å²) in [6.45, 7) is 0. The lowest BCUT2D eigenvalue weighted by molar-refractivity contribution is 1.54. The van der Waals surface area contributed by atoms with E-state index in [1.54, 1.807) is 0 Å². The van der Waals surface area contributed by atoms with Gasteiger partial charge in [0.15, 0.2) is 0 Å². The monoisotopic (exact) mass is 375 g/mol. The van der Waals surface area contributed by atoms with Crippen LogP contribution in [-0.4, -0.2) is 0 Å². The second-order valence-electron chi connectivity index (χ2n) is 1.79. The first kappa shape index (κ1) is 8.80. The lowest BCUT2D eigenvalue weighted by Gasteiger charge is -2.00. The number of benzene rings is 1. The van der Waals surface area contributed by atoms with Crippen molar-refractivity contribution in [2.45, 2.75) is 0 Å². The summed E-state index contributed by atoms with van der Waals surface area (Å²) in [5.41, 5.74) is 6.39. The Morgan fingerprint density at radius 3 is 2.30 bits per heavy atom. The number of nitrogens with two attached hydrogens (primary N) is 1. The van der Waals surface area contributed by atoms with Crippen molar-refractivity contribution in [1.82, 2.24) is 0 Å². The molecule has 4 heteroatoms. The second kappa shape index (κ2) is 3.40. The molecule has 0 amide bonds. The summed E-state index contributed by atoms with van der Waals surface area (Å²) in [5.74, 6) is 0. The molecule has 0 saturated heterocycles. The van der Waals surface area contributed by atoms with E-state index in [0.29, 0.717) is 0 Å². The highest BCUT2D eigenvalue weighted by atomic mass is 127. The van der Waals surface area contributed by atoms with Gasteiger partial charge in [-0.15, -0.1) is 0 Å². The van der Waals surface area contributed by atoms with Crippen LogP contribution in [0.5, 0.6) is 0 Å². The van der Waals surface area contributed by atoms with Gasteiger partial charge in [0.25, 0.3) is 0 Å². The van der Waals surface area contributed by atoms with Gasteiger partial charge in [-0.3, -0.25) is 0 Å². The van der Waals surface area contributed by atoms with Gasteiger partial charge in [-0.25, -0.2) is 0 Å². The number of anilines is 1. The van der Waals surface area contributed by atoms with Crippen molar-refractivity contribution in [3.8, 4) is 0 Å². The quantitative estimate of drug-likeness (QED) is 0.419. The molecule has 0 atom stereocenters. The highest BCUT2D eigenvalue weighted by Crippen LogP contribution is 2.28. The Morgan fingerprint density at radius 2 is 1.80 bits per heavy atom. The minimum absolute atomic E-state index is 0.771. The van der Waals surface area contributed by atoms with Crippen LogP contribution in [-0.2, 0) is 0 Å². The van der Waals surface area contributed by atoms with E-state index in [4.69, 9.17) is 5.73 Å². The van der Waals surface area contributed by atoms with Crippen molar-refractivity contribution in [3.05, 3.63) is 24.6 Å². The molecule has 0 aliphatic carbocycles. The van der Waals surface area contributed by atoms with Crippen LogP contribution < -0.4 is 5.73 Å². The molecule has 0 saturated carbocycles. The molecule has 0 bridgehead atoms. The summed E-state index contributed by atoms with van der Waals surface area (Å²) >= 11 is 8.93. The third-order valence-electron chi connectivity index (χ3n) is 1.04. The first-order chi connectivity index (χ1) is 4.61. The molecule has 0 heterocycles. The third kappa shape index (κ3) is 1.85. The van der Waals surface area contributed by atoms with Crippen LogP contribution in [0, 0.1) is 3.57 Å². The molecule has 1 aromatic carbocycles. The highest BCUT2D eigenvalue weighted by molar-refractivity contribution is 14.1. The van der Waals surface area contributed by atoms with E-state index in [2.05, 4.69) is 54.5 Å². The summed E-state index contributed by atoms with van der Waals surface area (Å²) < 4.78 is 3.12. The highest BCUT2D eigenvalue weighted by Gasteiger charge is 1.99. The van der Waals surface area contributed by atoms with Crippen molar-refractivity contribution in [2.24, 2.45) is 0 Å². The SMILES string of the molecule is Nc1cc(I)c(Br)cc1Br. The molecule has 2 N–H and O–H groups in total. The number of halogens is 3. The van der Waals surface area contributed by atoms with Gasteiger partial charge in [-0.05, 0) is 66.6 Å². The van der Waals surface area contributed by atoms with Gasteiger partial charge in [-0.2, -0.15) is 0 Å². The predicted molar refractivity (Wildman–Crippen MR) is 59.0 cm³/mol. The third-order valence-corrected chi connectivity index (χ3v) is 4.02. The van der Waals surface area contributed by atoms with Gasteiger partial charge < -0.3 is 5.73 Å². The maximum Gasteiger partial charge on any atom is 0.0469 e.